The van der Waals surface area contributed by atoms with Gasteiger partial charge in [0.15, 0.2) is 5.79 Å². The topological polar surface area (TPSA) is 66.5 Å². The van der Waals surface area contributed by atoms with E-state index in [1.165, 1.54) is 0 Å². The summed E-state index contributed by atoms with van der Waals surface area (Å²) in [5.74, 6) is -1.52. The Morgan fingerprint density at radius 1 is 1.20 bits per heavy atom. The molecule has 0 aliphatic heterocycles. The van der Waals surface area contributed by atoms with Crippen LogP contribution in [0.4, 0.5) is 0 Å². The molecule has 3 nitrogen and oxygen atoms in total. The first-order valence-electron chi connectivity index (χ1n) is 3.80. The molecule has 10 heavy (non-hydrogen) atoms. The predicted octanol–water partition coefficient (Wildman–Crippen LogP) is -0.431. The van der Waals surface area contributed by atoms with Crippen molar-refractivity contribution in [1.82, 2.24) is 0 Å². The number of fused-ring (bicyclic) bond motifs is 2. The molecule has 2 aliphatic rings. The number of aliphatic hydroxyl groups is 2. The van der Waals surface area contributed by atoms with E-state index in [-0.39, 0.29) is 5.92 Å². The molecule has 2 fully saturated rings. The van der Waals surface area contributed by atoms with E-state index in [1.54, 1.807) is 0 Å². The number of hydrogen-bond donors (Lipinski definition) is 3. The molecule has 0 aromatic heterocycles. The molecule has 0 atom stereocenters. The second-order valence-corrected chi connectivity index (χ2v) is 3.66. The quantitative estimate of drug-likeness (QED) is 0.403. The van der Waals surface area contributed by atoms with Crippen LogP contribution in [0, 0.1) is 5.92 Å². The molecule has 0 saturated heterocycles. The van der Waals surface area contributed by atoms with Crippen molar-refractivity contribution in [1.29, 1.82) is 0 Å². The van der Waals surface area contributed by atoms with Gasteiger partial charge < -0.3 is 15.9 Å². The summed E-state index contributed by atoms with van der Waals surface area (Å²) in [6, 6.07) is 0. The molecule has 0 unspecified atom stereocenters. The lowest BCUT2D eigenvalue weighted by Crippen LogP contribution is -2.54. The maximum absolute atomic E-state index is 9.48. The van der Waals surface area contributed by atoms with Crippen molar-refractivity contribution in [2.24, 2.45) is 11.7 Å². The average molecular weight is 143 g/mol. The molecule has 4 N–H and O–H groups in total. The normalized spacial score (nSPS) is 50.1. The molecule has 2 saturated carbocycles. The van der Waals surface area contributed by atoms with Crippen LogP contribution >= 0.6 is 0 Å². The minimum atomic E-state index is -1.56. The fraction of sp³-hybridized carbons (Fsp3) is 1.00. The lowest BCUT2D eigenvalue weighted by molar-refractivity contribution is -0.200. The number of nitrogens with two attached hydrogens (primary N) is 1. The van der Waals surface area contributed by atoms with Crippen LogP contribution < -0.4 is 5.73 Å². The van der Waals surface area contributed by atoms with Crippen molar-refractivity contribution in [2.75, 3.05) is 0 Å². The van der Waals surface area contributed by atoms with Gasteiger partial charge in [0.25, 0.3) is 0 Å². The molecule has 3 heteroatoms. The minimum absolute atomic E-state index is 0.0394. The lowest BCUT2D eigenvalue weighted by Gasteiger charge is -2.30. The Morgan fingerprint density at radius 2 is 1.70 bits per heavy atom. The molecule has 2 aliphatic carbocycles. The van der Waals surface area contributed by atoms with Gasteiger partial charge in [0.1, 0.15) is 0 Å². The van der Waals surface area contributed by atoms with Crippen LogP contribution in [0.3, 0.4) is 0 Å². The van der Waals surface area contributed by atoms with Gasteiger partial charge in [-0.3, -0.25) is 0 Å². The van der Waals surface area contributed by atoms with Gasteiger partial charge in [0, 0.05) is 5.92 Å². The van der Waals surface area contributed by atoms with Crippen LogP contribution in [0.25, 0.3) is 0 Å². The summed E-state index contributed by atoms with van der Waals surface area (Å²) in [5, 5.41) is 19.0. The highest BCUT2D eigenvalue weighted by Crippen LogP contribution is 2.51. The van der Waals surface area contributed by atoms with Crippen molar-refractivity contribution in [3.8, 4) is 0 Å². The van der Waals surface area contributed by atoms with Crippen LogP contribution in [0.5, 0.6) is 0 Å². The highest BCUT2D eigenvalue weighted by Gasteiger charge is 2.61. The van der Waals surface area contributed by atoms with Gasteiger partial charge in [-0.1, -0.05) is 0 Å². The molecule has 2 rings (SSSR count). The average Bonchev–Trinajstić information content (AvgIpc) is 2.18. The zero-order chi connectivity index (χ0) is 7.41. The zero-order valence-corrected chi connectivity index (χ0v) is 5.88. The maximum atomic E-state index is 9.48. The molecule has 0 aromatic rings. The Kier molecular flexibility index (Phi) is 1.02. The van der Waals surface area contributed by atoms with Crippen molar-refractivity contribution in [2.45, 2.75) is 37.0 Å². The zero-order valence-electron chi connectivity index (χ0n) is 5.88. The summed E-state index contributed by atoms with van der Waals surface area (Å²) in [7, 11) is 0. The van der Waals surface area contributed by atoms with E-state index in [4.69, 9.17) is 5.73 Å². The number of rotatable bonds is 0. The Morgan fingerprint density at radius 3 is 1.80 bits per heavy atom. The smallest absolute Gasteiger partial charge is 0.184 e. The summed E-state index contributed by atoms with van der Waals surface area (Å²) >= 11 is 0. The summed E-state index contributed by atoms with van der Waals surface area (Å²) in [6.07, 6.45) is 3.29. The van der Waals surface area contributed by atoms with E-state index in [0.717, 1.165) is 25.7 Å². The SMILES string of the molecule is NC12CCC(CC1)C2(O)O. The first-order valence-corrected chi connectivity index (χ1v) is 3.80. The lowest BCUT2D eigenvalue weighted by atomic mass is 9.94. The molecule has 0 radical (unpaired) electrons. The third-order valence-electron chi connectivity index (χ3n) is 3.18. The van der Waals surface area contributed by atoms with E-state index in [1.807, 2.05) is 0 Å². The van der Waals surface area contributed by atoms with E-state index < -0.39 is 11.3 Å². The van der Waals surface area contributed by atoms with Gasteiger partial charge in [0.05, 0.1) is 5.54 Å². The van der Waals surface area contributed by atoms with E-state index in [0.29, 0.717) is 0 Å². The monoisotopic (exact) mass is 143 g/mol. The van der Waals surface area contributed by atoms with Gasteiger partial charge in [-0.05, 0) is 25.7 Å². The second kappa shape index (κ2) is 1.55. The van der Waals surface area contributed by atoms with E-state index >= 15 is 0 Å². The fourth-order valence-electron chi connectivity index (χ4n) is 2.31. The van der Waals surface area contributed by atoms with Gasteiger partial charge in [0.2, 0.25) is 0 Å². The van der Waals surface area contributed by atoms with Gasteiger partial charge in [-0.15, -0.1) is 0 Å². The van der Waals surface area contributed by atoms with Crippen LogP contribution in [0.1, 0.15) is 25.7 Å². The van der Waals surface area contributed by atoms with Gasteiger partial charge >= 0.3 is 0 Å². The maximum Gasteiger partial charge on any atom is 0.184 e. The van der Waals surface area contributed by atoms with E-state index in [2.05, 4.69) is 0 Å². The molecular formula is C7H13NO2. The summed E-state index contributed by atoms with van der Waals surface area (Å²) < 4.78 is 0. The van der Waals surface area contributed by atoms with Crippen molar-refractivity contribution in [3.63, 3.8) is 0 Å². The standard InChI is InChI=1S/C7H13NO2/c8-6-3-1-5(2-4-6)7(6,9)10/h5,9-10H,1-4,8H2. The third-order valence-corrected chi connectivity index (χ3v) is 3.18. The summed E-state index contributed by atoms with van der Waals surface area (Å²) in [6.45, 7) is 0. The third kappa shape index (κ3) is 0.516. The highest BCUT2D eigenvalue weighted by molar-refractivity contribution is 5.11. The summed E-state index contributed by atoms with van der Waals surface area (Å²) in [5.41, 5.74) is 5.09. The molecule has 2 bridgehead atoms. The predicted molar refractivity (Wildman–Crippen MR) is 36.0 cm³/mol. The fourth-order valence-corrected chi connectivity index (χ4v) is 2.31. The Balaban J connectivity index is 2.37. The second-order valence-electron chi connectivity index (χ2n) is 3.66. The van der Waals surface area contributed by atoms with Crippen LogP contribution in [0.2, 0.25) is 0 Å². The van der Waals surface area contributed by atoms with Crippen molar-refractivity contribution >= 4 is 0 Å². The molecular weight excluding hydrogens is 130 g/mol. The highest BCUT2D eigenvalue weighted by atomic mass is 16.5. The Labute approximate surface area is 59.8 Å². The Bertz CT molecular complexity index is 156. The number of hydrogen-bond acceptors (Lipinski definition) is 3. The Hall–Kier alpha value is -0.120. The molecule has 0 spiro atoms. The van der Waals surface area contributed by atoms with Gasteiger partial charge in [-0.25, -0.2) is 0 Å². The molecule has 58 valence electrons. The van der Waals surface area contributed by atoms with Crippen LogP contribution in [0.15, 0.2) is 0 Å². The molecule has 0 amide bonds. The largest absolute Gasteiger partial charge is 0.364 e. The van der Waals surface area contributed by atoms with E-state index in [9.17, 15) is 10.2 Å². The van der Waals surface area contributed by atoms with Gasteiger partial charge in [-0.2, -0.15) is 0 Å². The minimum Gasteiger partial charge on any atom is -0.364 e. The first-order chi connectivity index (χ1) is 4.56. The van der Waals surface area contributed by atoms with Crippen molar-refractivity contribution < 1.29 is 10.2 Å². The summed E-state index contributed by atoms with van der Waals surface area (Å²) in [4.78, 5) is 0. The van der Waals surface area contributed by atoms with Crippen molar-refractivity contribution in [3.05, 3.63) is 0 Å². The molecule has 0 heterocycles. The van der Waals surface area contributed by atoms with Crippen LogP contribution in [-0.4, -0.2) is 21.5 Å². The molecule has 0 aromatic carbocycles. The first kappa shape index (κ1) is 6.58. The van der Waals surface area contributed by atoms with Crippen LogP contribution in [-0.2, 0) is 0 Å².